The molecule has 0 fully saturated rings. The first kappa shape index (κ1) is 8.56. The van der Waals surface area contributed by atoms with Crippen molar-refractivity contribution >= 4 is 27.5 Å². The predicted molar refractivity (Wildman–Crippen MR) is 53.2 cm³/mol. The lowest BCUT2D eigenvalue weighted by Crippen LogP contribution is -2.03. The molecule has 1 N–H and O–H groups in total. The maximum Gasteiger partial charge on any atom is 0.228 e. The number of benzene rings is 1. The molecule has 0 saturated heterocycles. The van der Waals surface area contributed by atoms with Crippen LogP contribution in [0.15, 0.2) is 18.2 Å². The van der Waals surface area contributed by atoms with Crippen molar-refractivity contribution in [2.24, 2.45) is 0 Å². The molecule has 0 radical (unpaired) electrons. The summed E-state index contributed by atoms with van der Waals surface area (Å²) in [6.07, 6.45) is 0.453. The highest BCUT2D eigenvalue weighted by atomic mass is 79.9. The van der Waals surface area contributed by atoms with Gasteiger partial charge in [0.25, 0.3) is 0 Å². The predicted octanol–water partition coefficient (Wildman–Crippen LogP) is 1.91. The van der Waals surface area contributed by atoms with Gasteiger partial charge >= 0.3 is 0 Å². The lowest BCUT2D eigenvalue weighted by molar-refractivity contribution is -0.115. The first-order chi connectivity index (χ1) is 6.29. The van der Waals surface area contributed by atoms with E-state index >= 15 is 0 Å². The van der Waals surface area contributed by atoms with E-state index in [9.17, 15) is 4.79 Å². The van der Waals surface area contributed by atoms with Crippen LogP contribution in [0.3, 0.4) is 0 Å². The number of fused-ring (bicyclic) bond motifs is 1. The fourth-order valence-electron chi connectivity index (χ4n) is 1.36. The van der Waals surface area contributed by atoms with Crippen molar-refractivity contribution in [3.8, 4) is 5.75 Å². The molecule has 0 aromatic heterocycles. The van der Waals surface area contributed by atoms with Crippen molar-refractivity contribution in [2.75, 3.05) is 10.8 Å². The van der Waals surface area contributed by atoms with E-state index in [4.69, 9.17) is 4.74 Å². The summed E-state index contributed by atoms with van der Waals surface area (Å²) in [5.74, 6) is 0.832. The molecular formula is C9H8BrNO2. The molecule has 4 heteroatoms. The van der Waals surface area contributed by atoms with Gasteiger partial charge in [-0.1, -0.05) is 0 Å². The van der Waals surface area contributed by atoms with E-state index in [0.717, 1.165) is 17.0 Å². The van der Waals surface area contributed by atoms with Gasteiger partial charge in [0.1, 0.15) is 11.3 Å². The average molecular weight is 242 g/mol. The number of halogens is 1. The first-order valence-corrected chi connectivity index (χ1v) is 5.03. The molecule has 2 rings (SSSR count). The van der Waals surface area contributed by atoms with Crippen LogP contribution in [0, 0.1) is 0 Å². The van der Waals surface area contributed by atoms with E-state index < -0.39 is 0 Å². The van der Waals surface area contributed by atoms with Crippen molar-refractivity contribution in [3.05, 3.63) is 23.8 Å². The quantitative estimate of drug-likeness (QED) is 0.804. The van der Waals surface area contributed by atoms with Gasteiger partial charge in [0.15, 0.2) is 0 Å². The summed E-state index contributed by atoms with van der Waals surface area (Å²) in [4.78, 5) is 11.0. The Morgan fingerprint density at radius 1 is 1.54 bits per heavy atom. The zero-order valence-corrected chi connectivity index (χ0v) is 8.43. The normalized spacial score (nSPS) is 13.8. The molecule has 0 atom stereocenters. The van der Waals surface area contributed by atoms with Gasteiger partial charge in [0, 0.05) is 5.69 Å². The molecule has 68 valence electrons. The Kier molecular flexibility index (Phi) is 2.22. The third kappa shape index (κ3) is 1.67. The Labute approximate surface area is 84.2 Å². The molecule has 0 spiro atoms. The van der Waals surface area contributed by atoms with Crippen LogP contribution < -0.4 is 10.1 Å². The zero-order chi connectivity index (χ0) is 9.26. The molecule has 0 saturated carbocycles. The Morgan fingerprint density at radius 2 is 2.38 bits per heavy atom. The van der Waals surface area contributed by atoms with Crippen LogP contribution in [0.4, 0.5) is 5.69 Å². The summed E-state index contributed by atoms with van der Waals surface area (Å²) >= 11 is 3.17. The monoisotopic (exact) mass is 241 g/mol. The van der Waals surface area contributed by atoms with Crippen molar-refractivity contribution in [1.29, 1.82) is 0 Å². The smallest absolute Gasteiger partial charge is 0.228 e. The van der Waals surface area contributed by atoms with Gasteiger partial charge in [-0.3, -0.25) is 4.79 Å². The van der Waals surface area contributed by atoms with Crippen molar-refractivity contribution in [1.82, 2.24) is 0 Å². The number of ether oxygens (including phenoxy) is 1. The zero-order valence-electron chi connectivity index (χ0n) is 6.84. The molecule has 1 aromatic carbocycles. The molecule has 0 aliphatic carbocycles. The van der Waals surface area contributed by atoms with Crippen LogP contribution in [0.1, 0.15) is 5.56 Å². The van der Waals surface area contributed by atoms with Gasteiger partial charge in [0.05, 0.1) is 6.42 Å². The topological polar surface area (TPSA) is 38.3 Å². The lowest BCUT2D eigenvalue weighted by Gasteiger charge is -2.03. The number of rotatable bonds is 2. The molecule has 1 aromatic rings. The van der Waals surface area contributed by atoms with Gasteiger partial charge in [-0.05, 0) is 39.7 Å². The number of carbonyl (C=O) groups excluding carboxylic acids is 1. The van der Waals surface area contributed by atoms with Gasteiger partial charge in [-0.25, -0.2) is 0 Å². The Bertz CT molecular complexity index is 351. The Balaban J connectivity index is 2.29. The van der Waals surface area contributed by atoms with Gasteiger partial charge in [-0.2, -0.15) is 0 Å². The van der Waals surface area contributed by atoms with E-state index in [0.29, 0.717) is 11.9 Å². The molecular weight excluding hydrogens is 234 g/mol. The van der Waals surface area contributed by atoms with Gasteiger partial charge < -0.3 is 10.1 Å². The second kappa shape index (κ2) is 3.38. The molecule has 13 heavy (non-hydrogen) atoms. The van der Waals surface area contributed by atoms with Crippen molar-refractivity contribution in [3.63, 3.8) is 0 Å². The van der Waals surface area contributed by atoms with Crippen molar-refractivity contribution in [2.45, 2.75) is 6.42 Å². The number of alkyl halides is 1. The third-order valence-electron chi connectivity index (χ3n) is 1.92. The summed E-state index contributed by atoms with van der Waals surface area (Å²) in [6, 6.07) is 5.58. The third-order valence-corrected chi connectivity index (χ3v) is 2.15. The van der Waals surface area contributed by atoms with E-state index in [1.165, 1.54) is 0 Å². The standard InChI is InChI=1S/C9H8BrNO2/c10-5-13-7-1-2-8-6(3-7)4-9(12)11-8/h1-3H,4-5H2,(H,11,12). The Hall–Kier alpha value is -1.03. The maximum absolute atomic E-state index is 11.0. The average Bonchev–Trinajstić information content (AvgIpc) is 2.44. The summed E-state index contributed by atoms with van der Waals surface area (Å²) < 4.78 is 5.24. The molecule has 3 nitrogen and oxygen atoms in total. The highest BCUT2D eigenvalue weighted by Crippen LogP contribution is 2.27. The van der Waals surface area contributed by atoms with E-state index in [-0.39, 0.29) is 5.91 Å². The molecule has 1 amide bonds. The fraction of sp³-hybridized carbons (Fsp3) is 0.222. The minimum Gasteiger partial charge on any atom is -0.482 e. The van der Waals surface area contributed by atoms with Crippen LogP contribution in [0.2, 0.25) is 0 Å². The second-order valence-electron chi connectivity index (χ2n) is 2.80. The summed E-state index contributed by atoms with van der Waals surface area (Å²) in [5.41, 5.74) is 2.36. The lowest BCUT2D eigenvalue weighted by atomic mass is 10.1. The highest BCUT2D eigenvalue weighted by molar-refractivity contribution is 9.09. The summed E-state index contributed by atoms with van der Waals surface area (Å²) in [7, 11) is 0. The van der Waals surface area contributed by atoms with E-state index in [2.05, 4.69) is 21.2 Å². The van der Waals surface area contributed by atoms with E-state index in [1.54, 1.807) is 0 Å². The number of anilines is 1. The minimum atomic E-state index is 0.0472. The largest absolute Gasteiger partial charge is 0.482 e. The van der Waals surface area contributed by atoms with Crippen molar-refractivity contribution < 1.29 is 9.53 Å². The molecule has 1 aliphatic rings. The second-order valence-corrected chi connectivity index (χ2v) is 3.26. The Morgan fingerprint density at radius 3 is 3.15 bits per heavy atom. The maximum atomic E-state index is 11.0. The van der Waals surface area contributed by atoms with Gasteiger partial charge in [0.2, 0.25) is 5.91 Å². The summed E-state index contributed by atoms with van der Waals surface area (Å²) in [5, 5.41) is 2.76. The molecule has 1 aliphatic heterocycles. The number of hydrogen-bond acceptors (Lipinski definition) is 2. The number of carbonyl (C=O) groups is 1. The van der Waals surface area contributed by atoms with E-state index in [1.807, 2.05) is 18.2 Å². The van der Waals surface area contributed by atoms with Crippen LogP contribution in [0.5, 0.6) is 5.75 Å². The number of hydrogen-bond donors (Lipinski definition) is 1. The van der Waals surface area contributed by atoms with Crippen LogP contribution in [-0.2, 0) is 11.2 Å². The molecule has 0 bridgehead atoms. The highest BCUT2D eigenvalue weighted by Gasteiger charge is 2.17. The molecule has 1 heterocycles. The van der Waals surface area contributed by atoms with Crippen LogP contribution in [0.25, 0.3) is 0 Å². The minimum absolute atomic E-state index is 0.0472. The first-order valence-electron chi connectivity index (χ1n) is 3.91. The number of nitrogens with one attached hydrogen (secondary N) is 1. The summed E-state index contributed by atoms with van der Waals surface area (Å²) in [6.45, 7) is 0. The fourth-order valence-corrected chi connectivity index (χ4v) is 1.62. The van der Waals surface area contributed by atoms with Crippen LogP contribution >= 0.6 is 15.9 Å². The number of amides is 1. The SMILES string of the molecule is O=C1Cc2cc(OCBr)ccc2N1. The van der Waals surface area contributed by atoms with Crippen LogP contribution in [-0.4, -0.2) is 11.4 Å². The molecule has 0 unspecified atom stereocenters. The van der Waals surface area contributed by atoms with Gasteiger partial charge in [-0.15, -0.1) is 0 Å².